The molecule has 1 aliphatic rings. The Morgan fingerprint density at radius 3 is 2.50 bits per heavy atom. The van der Waals surface area contributed by atoms with Gasteiger partial charge in [0.25, 0.3) is 5.91 Å². The summed E-state index contributed by atoms with van der Waals surface area (Å²) in [7, 11) is 1.44. The Morgan fingerprint density at radius 1 is 1.14 bits per heavy atom. The van der Waals surface area contributed by atoms with Gasteiger partial charge in [0.1, 0.15) is 5.82 Å². The molecule has 1 atom stereocenters. The quantitative estimate of drug-likeness (QED) is 0.791. The van der Waals surface area contributed by atoms with Gasteiger partial charge in [-0.3, -0.25) is 4.79 Å². The summed E-state index contributed by atoms with van der Waals surface area (Å²) in [5.74, 6) is -3.62. The zero-order valence-electron chi connectivity index (χ0n) is 14.8. The van der Waals surface area contributed by atoms with Crippen molar-refractivity contribution < 1.29 is 22.8 Å². The van der Waals surface area contributed by atoms with Crippen LogP contribution in [-0.4, -0.2) is 23.9 Å². The van der Waals surface area contributed by atoms with Gasteiger partial charge >= 0.3 is 6.03 Å². The molecule has 28 heavy (non-hydrogen) atoms. The molecule has 0 aliphatic carbocycles. The van der Waals surface area contributed by atoms with E-state index in [9.17, 15) is 22.8 Å². The topological polar surface area (TPSA) is 61.4 Å². The van der Waals surface area contributed by atoms with Gasteiger partial charge in [-0.05, 0) is 31.2 Å². The van der Waals surface area contributed by atoms with Crippen molar-refractivity contribution in [3.8, 4) is 0 Å². The second-order valence-electron chi connectivity index (χ2n) is 6.16. The highest BCUT2D eigenvalue weighted by Gasteiger charge is 2.36. The van der Waals surface area contributed by atoms with Gasteiger partial charge in [0.2, 0.25) is 0 Å². The number of amides is 3. The van der Waals surface area contributed by atoms with Crippen molar-refractivity contribution in [1.82, 2.24) is 10.2 Å². The van der Waals surface area contributed by atoms with E-state index in [4.69, 9.17) is 11.6 Å². The average Bonchev–Trinajstić information content (AvgIpc) is 2.62. The predicted octanol–water partition coefficient (Wildman–Crippen LogP) is 4.37. The van der Waals surface area contributed by atoms with Crippen LogP contribution in [0.4, 0.5) is 23.7 Å². The molecule has 2 aromatic carbocycles. The number of carbonyl (C=O) groups is 2. The minimum Gasteiger partial charge on any atom is -0.326 e. The van der Waals surface area contributed by atoms with E-state index >= 15 is 0 Å². The van der Waals surface area contributed by atoms with E-state index < -0.39 is 35.4 Å². The highest BCUT2D eigenvalue weighted by Crippen LogP contribution is 2.35. The summed E-state index contributed by atoms with van der Waals surface area (Å²) in [5, 5.41) is 5.01. The maximum atomic E-state index is 14.5. The first kappa shape index (κ1) is 19.8. The van der Waals surface area contributed by atoms with Crippen LogP contribution in [0.2, 0.25) is 5.02 Å². The van der Waals surface area contributed by atoms with Gasteiger partial charge in [0.15, 0.2) is 11.6 Å². The van der Waals surface area contributed by atoms with Crippen LogP contribution >= 0.6 is 11.6 Å². The summed E-state index contributed by atoms with van der Waals surface area (Å²) < 4.78 is 41.0. The molecule has 0 spiro atoms. The molecule has 146 valence electrons. The van der Waals surface area contributed by atoms with Crippen LogP contribution in [0.1, 0.15) is 18.5 Å². The molecule has 2 aromatic rings. The van der Waals surface area contributed by atoms with Crippen LogP contribution in [-0.2, 0) is 4.79 Å². The molecule has 0 fully saturated rings. The average molecular weight is 410 g/mol. The molecule has 5 nitrogen and oxygen atoms in total. The van der Waals surface area contributed by atoms with Crippen LogP contribution in [0, 0.1) is 17.5 Å². The monoisotopic (exact) mass is 409 g/mol. The SMILES string of the molecule is CC1=C(C(=O)Nc2ccc(F)c(F)c2)[C@H](c2c(F)cccc2Cl)NC(=O)N1C. The zero-order valence-corrected chi connectivity index (χ0v) is 15.6. The molecule has 0 saturated carbocycles. The number of hydrogen-bond donors (Lipinski definition) is 2. The van der Waals surface area contributed by atoms with Crippen molar-refractivity contribution in [3.63, 3.8) is 0 Å². The third-order valence-corrected chi connectivity index (χ3v) is 4.79. The minimum atomic E-state index is -1.16. The number of benzene rings is 2. The van der Waals surface area contributed by atoms with Gasteiger partial charge in [-0.15, -0.1) is 0 Å². The summed E-state index contributed by atoms with van der Waals surface area (Å²) in [4.78, 5) is 26.3. The van der Waals surface area contributed by atoms with E-state index in [1.54, 1.807) is 0 Å². The van der Waals surface area contributed by atoms with Crippen LogP contribution < -0.4 is 10.6 Å². The Kier molecular flexibility index (Phi) is 5.33. The molecule has 3 amide bonds. The van der Waals surface area contributed by atoms with Crippen LogP contribution in [0.5, 0.6) is 0 Å². The van der Waals surface area contributed by atoms with E-state index in [1.807, 2.05) is 0 Å². The van der Waals surface area contributed by atoms with E-state index in [0.29, 0.717) is 0 Å². The fourth-order valence-electron chi connectivity index (χ4n) is 2.91. The Morgan fingerprint density at radius 2 is 1.86 bits per heavy atom. The van der Waals surface area contributed by atoms with Gasteiger partial charge in [-0.1, -0.05) is 17.7 Å². The Balaban J connectivity index is 2.06. The molecule has 9 heteroatoms. The minimum absolute atomic E-state index is 0.00198. The lowest BCUT2D eigenvalue weighted by Crippen LogP contribution is -2.47. The molecular weight excluding hydrogens is 395 g/mol. The zero-order chi connectivity index (χ0) is 20.6. The van der Waals surface area contributed by atoms with Gasteiger partial charge < -0.3 is 15.5 Å². The number of urea groups is 1. The molecule has 3 rings (SSSR count). The number of nitrogens with zero attached hydrogens (tertiary/aromatic N) is 1. The third kappa shape index (κ3) is 3.55. The molecule has 0 bridgehead atoms. The number of allylic oxidation sites excluding steroid dienone is 1. The fourth-order valence-corrected chi connectivity index (χ4v) is 3.18. The van der Waals surface area contributed by atoms with Gasteiger partial charge in [-0.2, -0.15) is 0 Å². The number of halogens is 4. The number of carbonyl (C=O) groups excluding carboxylic acids is 2. The molecular formula is C19H15ClF3N3O2. The first-order valence-electron chi connectivity index (χ1n) is 8.16. The number of anilines is 1. The normalized spacial score (nSPS) is 16.9. The predicted molar refractivity (Wildman–Crippen MR) is 98.1 cm³/mol. The maximum Gasteiger partial charge on any atom is 0.322 e. The van der Waals surface area contributed by atoms with E-state index in [1.165, 1.54) is 37.1 Å². The summed E-state index contributed by atoms with van der Waals surface area (Å²) in [6, 6.07) is 5.15. The number of nitrogens with one attached hydrogen (secondary N) is 2. The Hall–Kier alpha value is -3.00. The lowest BCUT2D eigenvalue weighted by molar-refractivity contribution is -0.113. The van der Waals surface area contributed by atoms with Crippen molar-refractivity contribution in [1.29, 1.82) is 0 Å². The highest BCUT2D eigenvalue weighted by molar-refractivity contribution is 6.31. The van der Waals surface area contributed by atoms with Gasteiger partial charge in [-0.25, -0.2) is 18.0 Å². The molecule has 2 N–H and O–H groups in total. The summed E-state index contributed by atoms with van der Waals surface area (Å²) >= 11 is 6.11. The van der Waals surface area contributed by atoms with E-state index in [2.05, 4.69) is 10.6 Å². The summed E-state index contributed by atoms with van der Waals surface area (Å²) in [6.07, 6.45) is 0. The first-order valence-corrected chi connectivity index (χ1v) is 8.53. The highest BCUT2D eigenvalue weighted by atomic mass is 35.5. The molecule has 0 saturated heterocycles. The lowest BCUT2D eigenvalue weighted by Gasteiger charge is -2.34. The van der Waals surface area contributed by atoms with Crippen LogP contribution in [0.3, 0.4) is 0 Å². The number of rotatable bonds is 3. The first-order chi connectivity index (χ1) is 13.2. The van der Waals surface area contributed by atoms with Crippen molar-refractivity contribution in [2.45, 2.75) is 13.0 Å². The maximum absolute atomic E-state index is 14.5. The van der Waals surface area contributed by atoms with E-state index in [-0.39, 0.29) is 27.5 Å². The molecule has 0 radical (unpaired) electrons. The summed E-state index contributed by atoms with van der Waals surface area (Å²) in [6.45, 7) is 1.51. The molecule has 0 unspecified atom stereocenters. The van der Waals surface area contributed by atoms with Crippen molar-refractivity contribution in [3.05, 3.63) is 75.7 Å². The largest absolute Gasteiger partial charge is 0.326 e. The van der Waals surface area contributed by atoms with Crippen molar-refractivity contribution in [2.24, 2.45) is 0 Å². The van der Waals surface area contributed by atoms with Gasteiger partial charge in [0, 0.05) is 35.1 Å². The Labute approximate surface area is 163 Å². The summed E-state index contributed by atoms with van der Waals surface area (Å²) in [5.41, 5.74) is 0.203. The molecule has 1 heterocycles. The third-order valence-electron chi connectivity index (χ3n) is 4.46. The molecule has 1 aliphatic heterocycles. The number of hydrogen-bond acceptors (Lipinski definition) is 2. The van der Waals surface area contributed by atoms with Crippen LogP contribution in [0.25, 0.3) is 0 Å². The van der Waals surface area contributed by atoms with Crippen molar-refractivity contribution in [2.75, 3.05) is 12.4 Å². The smallest absolute Gasteiger partial charge is 0.322 e. The van der Waals surface area contributed by atoms with Crippen LogP contribution in [0.15, 0.2) is 47.7 Å². The Bertz CT molecular complexity index is 990. The van der Waals surface area contributed by atoms with Gasteiger partial charge in [0.05, 0.1) is 11.6 Å². The van der Waals surface area contributed by atoms with E-state index in [0.717, 1.165) is 18.2 Å². The standard InChI is InChI=1S/C19H15ClF3N3O2/c1-9-15(18(27)24-10-6-7-12(21)14(23)8-10)17(25-19(28)26(9)2)16-11(20)4-3-5-13(16)22/h3-8,17H,1-2H3,(H,24,27)(H,25,28)/t17-/m1/s1. The second kappa shape index (κ2) is 7.55. The second-order valence-corrected chi connectivity index (χ2v) is 6.57. The lowest BCUT2D eigenvalue weighted by atomic mass is 9.93. The molecule has 0 aromatic heterocycles. The van der Waals surface area contributed by atoms with Crippen molar-refractivity contribution >= 4 is 29.2 Å². The fraction of sp³-hybridized carbons (Fsp3) is 0.158.